The van der Waals surface area contributed by atoms with Gasteiger partial charge in [0.2, 0.25) is 5.75 Å². The second-order valence-electron chi connectivity index (χ2n) is 8.32. The number of alkyl carbamates (subject to hydrolysis) is 1. The molecule has 0 bridgehead atoms. The Morgan fingerprint density at radius 1 is 0.967 bits per heavy atom. The summed E-state index contributed by atoms with van der Waals surface area (Å²) in [5, 5.41) is 9.30. The van der Waals surface area contributed by atoms with Gasteiger partial charge in [0, 0.05) is 20.1 Å². The summed E-state index contributed by atoms with van der Waals surface area (Å²) in [6.07, 6.45) is -0.463. The van der Waals surface area contributed by atoms with Gasteiger partial charge in [-0.15, -0.1) is 0 Å². The monoisotopic (exact) mass is 424 g/mol. The smallest absolute Gasteiger partial charge is 0.408 e. The molecular weight excluding hydrogens is 388 g/mol. The van der Waals surface area contributed by atoms with Gasteiger partial charge in [-0.1, -0.05) is 0 Å². The Labute approximate surface area is 179 Å². The van der Waals surface area contributed by atoms with E-state index in [4.69, 9.17) is 18.9 Å². The first-order valence-electron chi connectivity index (χ1n) is 9.69. The number of amides is 1. The second kappa shape index (κ2) is 10.8. The molecule has 0 saturated heterocycles. The fourth-order valence-electron chi connectivity index (χ4n) is 2.57. The summed E-state index contributed by atoms with van der Waals surface area (Å²) in [4.78, 5) is 16.3. The van der Waals surface area contributed by atoms with Crippen LogP contribution in [0.25, 0.3) is 0 Å². The maximum absolute atomic E-state index is 12.0. The summed E-state index contributed by atoms with van der Waals surface area (Å²) >= 11 is 0. The van der Waals surface area contributed by atoms with E-state index in [0.29, 0.717) is 36.3 Å². The molecule has 30 heavy (non-hydrogen) atoms. The van der Waals surface area contributed by atoms with E-state index in [0.717, 1.165) is 5.56 Å². The second-order valence-corrected chi connectivity index (χ2v) is 8.32. The lowest BCUT2D eigenvalue weighted by Gasteiger charge is -2.29. The van der Waals surface area contributed by atoms with Crippen LogP contribution in [0.4, 0.5) is 4.79 Å². The predicted octanol–water partition coefficient (Wildman–Crippen LogP) is 2.68. The maximum Gasteiger partial charge on any atom is 0.408 e. The number of guanidine groups is 1. The average Bonchev–Trinajstić information content (AvgIpc) is 2.64. The highest BCUT2D eigenvalue weighted by molar-refractivity contribution is 5.80. The lowest BCUT2D eigenvalue weighted by molar-refractivity contribution is 0.0474. The number of nitrogens with one attached hydrogen (secondary N) is 3. The first kappa shape index (κ1) is 25.2. The maximum atomic E-state index is 12.0. The fourth-order valence-corrected chi connectivity index (χ4v) is 2.57. The van der Waals surface area contributed by atoms with E-state index >= 15 is 0 Å². The molecule has 0 atom stereocenters. The topological polar surface area (TPSA) is 102 Å². The number of rotatable bonds is 8. The highest BCUT2D eigenvalue weighted by atomic mass is 16.6. The van der Waals surface area contributed by atoms with Crippen LogP contribution in [0.5, 0.6) is 17.2 Å². The quantitative estimate of drug-likeness (QED) is 0.435. The third kappa shape index (κ3) is 8.26. The van der Waals surface area contributed by atoms with Crippen molar-refractivity contribution in [3.8, 4) is 17.2 Å². The molecule has 9 heteroatoms. The average molecular weight is 425 g/mol. The summed E-state index contributed by atoms with van der Waals surface area (Å²) < 4.78 is 21.4. The molecule has 0 aliphatic carbocycles. The van der Waals surface area contributed by atoms with Crippen molar-refractivity contribution in [3.63, 3.8) is 0 Å². The molecule has 1 aromatic rings. The van der Waals surface area contributed by atoms with Gasteiger partial charge in [0.05, 0.1) is 26.9 Å². The molecule has 0 unspecified atom stereocenters. The molecule has 1 amide bonds. The lowest BCUT2D eigenvalue weighted by atomic mass is 10.1. The Balaban J connectivity index is 2.70. The van der Waals surface area contributed by atoms with Crippen molar-refractivity contribution in [2.75, 3.05) is 34.9 Å². The number of carbonyl (C=O) groups is 1. The lowest BCUT2D eigenvalue weighted by Crippen LogP contribution is -2.54. The number of carbonyl (C=O) groups excluding carboxylic acids is 1. The zero-order valence-corrected chi connectivity index (χ0v) is 19.6. The first-order valence-corrected chi connectivity index (χ1v) is 9.69. The van der Waals surface area contributed by atoms with Crippen LogP contribution in [-0.4, -0.2) is 58.1 Å². The molecule has 170 valence electrons. The minimum absolute atomic E-state index is 0.446. The summed E-state index contributed by atoms with van der Waals surface area (Å²) in [7, 11) is 6.40. The van der Waals surface area contributed by atoms with Crippen LogP contribution in [0.2, 0.25) is 0 Å². The van der Waals surface area contributed by atoms with Crippen molar-refractivity contribution in [3.05, 3.63) is 17.7 Å². The molecule has 1 aromatic carbocycles. The van der Waals surface area contributed by atoms with E-state index in [1.165, 1.54) is 0 Å². The van der Waals surface area contributed by atoms with Crippen molar-refractivity contribution >= 4 is 12.1 Å². The van der Waals surface area contributed by atoms with Crippen LogP contribution in [0, 0.1) is 0 Å². The number of methoxy groups -OCH3 is 3. The molecule has 0 aromatic heterocycles. The normalized spacial score (nSPS) is 12.1. The Morgan fingerprint density at radius 3 is 1.97 bits per heavy atom. The molecule has 0 radical (unpaired) electrons. The van der Waals surface area contributed by atoms with Gasteiger partial charge in [-0.2, -0.15) is 0 Å². The van der Waals surface area contributed by atoms with Gasteiger partial charge < -0.3 is 34.9 Å². The highest BCUT2D eigenvalue weighted by Gasteiger charge is 2.24. The van der Waals surface area contributed by atoms with Gasteiger partial charge in [0.25, 0.3) is 0 Å². The van der Waals surface area contributed by atoms with Crippen LogP contribution < -0.4 is 30.2 Å². The van der Waals surface area contributed by atoms with E-state index in [1.807, 2.05) is 46.8 Å². The van der Waals surface area contributed by atoms with Gasteiger partial charge in [0.1, 0.15) is 5.60 Å². The summed E-state index contributed by atoms with van der Waals surface area (Å²) in [5.74, 6) is 2.29. The molecule has 3 N–H and O–H groups in total. The third-order valence-corrected chi connectivity index (χ3v) is 3.95. The van der Waals surface area contributed by atoms with Gasteiger partial charge >= 0.3 is 6.09 Å². The predicted molar refractivity (Wildman–Crippen MR) is 118 cm³/mol. The van der Waals surface area contributed by atoms with Crippen molar-refractivity contribution in [1.82, 2.24) is 16.0 Å². The summed E-state index contributed by atoms with van der Waals surface area (Å²) in [6, 6.07) is 3.74. The molecule has 0 aliphatic heterocycles. The Bertz CT molecular complexity index is 716. The van der Waals surface area contributed by atoms with Crippen LogP contribution in [0.15, 0.2) is 17.1 Å². The van der Waals surface area contributed by atoms with Crippen molar-refractivity contribution in [1.29, 1.82) is 0 Å². The highest BCUT2D eigenvalue weighted by Crippen LogP contribution is 2.38. The Kier molecular flexibility index (Phi) is 9.07. The standard InChI is InChI=1S/C21H36N4O5/c1-20(2,3)30-19(26)25-21(4,5)13-24-18(22-6)23-12-14-10-15(27-7)17(29-9)16(11-14)28-8/h10-11H,12-13H2,1-9H3,(H,25,26)(H2,22,23,24). The number of ether oxygens (including phenoxy) is 4. The van der Waals surface area contributed by atoms with Crippen molar-refractivity contribution in [2.24, 2.45) is 4.99 Å². The molecule has 0 aliphatic rings. The van der Waals surface area contributed by atoms with Crippen LogP contribution in [0.1, 0.15) is 40.2 Å². The van der Waals surface area contributed by atoms with Crippen molar-refractivity contribution < 1.29 is 23.7 Å². The molecule has 1 rings (SSSR count). The minimum Gasteiger partial charge on any atom is -0.493 e. The third-order valence-electron chi connectivity index (χ3n) is 3.95. The molecular formula is C21H36N4O5. The van der Waals surface area contributed by atoms with E-state index in [9.17, 15) is 4.79 Å². The van der Waals surface area contributed by atoms with E-state index < -0.39 is 17.2 Å². The van der Waals surface area contributed by atoms with E-state index in [-0.39, 0.29) is 0 Å². The van der Waals surface area contributed by atoms with Gasteiger partial charge in [0.15, 0.2) is 17.5 Å². The largest absolute Gasteiger partial charge is 0.493 e. The minimum atomic E-state index is -0.550. The van der Waals surface area contributed by atoms with Crippen LogP contribution in [0.3, 0.4) is 0 Å². The Hall–Kier alpha value is -2.84. The fraction of sp³-hybridized carbons (Fsp3) is 0.619. The SMILES string of the molecule is CN=C(NCc1cc(OC)c(OC)c(OC)c1)NCC(C)(C)NC(=O)OC(C)(C)C. The zero-order chi connectivity index (χ0) is 22.9. The zero-order valence-electron chi connectivity index (χ0n) is 19.6. The van der Waals surface area contributed by atoms with Crippen LogP contribution in [-0.2, 0) is 11.3 Å². The molecule has 0 saturated carbocycles. The number of hydrogen-bond donors (Lipinski definition) is 3. The number of aliphatic imine (C=N–C) groups is 1. The number of benzene rings is 1. The number of hydrogen-bond acceptors (Lipinski definition) is 6. The molecule has 0 spiro atoms. The van der Waals surface area contributed by atoms with Gasteiger partial charge in [-0.3, -0.25) is 4.99 Å². The molecule has 9 nitrogen and oxygen atoms in total. The molecule has 0 heterocycles. The summed E-state index contributed by atoms with van der Waals surface area (Å²) in [5.41, 5.74) is -0.170. The van der Waals surface area contributed by atoms with Crippen LogP contribution >= 0.6 is 0 Å². The van der Waals surface area contributed by atoms with E-state index in [2.05, 4.69) is 20.9 Å². The summed E-state index contributed by atoms with van der Waals surface area (Å²) in [6.45, 7) is 10.2. The number of nitrogens with zero attached hydrogens (tertiary/aromatic N) is 1. The van der Waals surface area contributed by atoms with E-state index in [1.54, 1.807) is 28.4 Å². The van der Waals surface area contributed by atoms with Gasteiger partial charge in [-0.25, -0.2) is 4.79 Å². The molecule has 0 fully saturated rings. The first-order chi connectivity index (χ1) is 13.9. The van der Waals surface area contributed by atoms with Crippen molar-refractivity contribution in [2.45, 2.75) is 52.3 Å². The Morgan fingerprint density at radius 2 is 1.53 bits per heavy atom. The van der Waals surface area contributed by atoms with Gasteiger partial charge in [-0.05, 0) is 52.3 Å².